The second-order valence-electron chi connectivity index (χ2n) is 7.34. The molecule has 0 saturated heterocycles. The van der Waals surface area contributed by atoms with Gasteiger partial charge in [-0.15, -0.1) is 0 Å². The molecule has 2 aromatic heterocycles. The highest BCUT2D eigenvalue weighted by Gasteiger charge is 2.24. The van der Waals surface area contributed by atoms with Crippen molar-refractivity contribution in [3.8, 4) is 17.2 Å². The van der Waals surface area contributed by atoms with E-state index in [-0.39, 0.29) is 5.91 Å². The van der Waals surface area contributed by atoms with Crippen LogP contribution in [-0.2, 0) is 24.2 Å². The van der Waals surface area contributed by atoms with Gasteiger partial charge in [-0.3, -0.25) is 4.79 Å². The summed E-state index contributed by atoms with van der Waals surface area (Å²) in [7, 11) is 4.75. The first-order valence-electron chi connectivity index (χ1n) is 9.94. The molecule has 8 nitrogen and oxygen atoms in total. The number of amides is 1. The minimum absolute atomic E-state index is 0.106. The summed E-state index contributed by atoms with van der Waals surface area (Å²) in [5, 5.41) is 4.54. The number of aromatic nitrogens is 3. The molecule has 0 atom stereocenters. The number of hydrogen-bond acceptors (Lipinski definition) is 6. The second kappa shape index (κ2) is 8.22. The normalized spacial score (nSPS) is 13.3. The Balaban J connectivity index is 1.47. The van der Waals surface area contributed by atoms with Gasteiger partial charge in [0.15, 0.2) is 17.1 Å². The molecule has 30 heavy (non-hydrogen) atoms. The monoisotopic (exact) mass is 410 g/mol. The van der Waals surface area contributed by atoms with Crippen LogP contribution in [0, 0.1) is 6.92 Å². The lowest BCUT2D eigenvalue weighted by Gasteiger charge is -2.29. The van der Waals surface area contributed by atoms with Gasteiger partial charge in [-0.05, 0) is 25.0 Å². The van der Waals surface area contributed by atoms with Crippen LogP contribution in [0.1, 0.15) is 28.9 Å². The summed E-state index contributed by atoms with van der Waals surface area (Å²) < 4.78 is 18.2. The average Bonchev–Trinajstić information content (AvgIpc) is 3.16. The smallest absolute Gasteiger partial charge is 0.223 e. The highest BCUT2D eigenvalue weighted by atomic mass is 16.5. The van der Waals surface area contributed by atoms with Crippen molar-refractivity contribution in [1.29, 1.82) is 0 Å². The van der Waals surface area contributed by atoms with E-state index in [1.807, 2.05) is 40.7 Å². The molecule has 0 spiro atoms. The van der Waals surface area contributed by atoms with Crippen LogP contribution in [0.4, 0.5) is 0 Å². The highest BCUT2D eigenvalue weighted by molar-refractivity contribution is 5.77. The molecule has 0 aliphatic carbocycles. The van der Waals surface area contributed by atoms with Crippen LogP contribution in [0.15, 0.2) is 24.4 Å². The van der Waals surface area contributed by atoms with E-state index in [9.17, 15) is 4.79 Å². The number of nitrogens with zero attached hydrogens (tertiary/aromatic N) is 4. The molecule has 8 heteroatoms. The van der Waals surface area contributed by atoms with Crippen LogP contribution in [0.3, 0.4) is 0 Å². The average molecular weight is 410 g/mol. The Hall–Kier alpha value is -3.29. The zero-order chi connectivity index (χ0) is 21.3. The Labute approximate surface area is 175 Å². The van der Waals surface area contributed by atoms with Crippen molar-refractivity contribution in [2.75, 3.05) is 27.9 Å². The third kappa shape index (κ3) is 3.53. The Morgan fingerprint density at radius 3 is 2.67 bits per heavy atom. The first-order valence-corrected chi connectivity index (χ1v) is 9.94. The number of rotatable bonds is 6. The SMILES string of the molecule is COc1ccc(CCC(=O)N2CCc3c(cnc4cc(C)nn34)C2)c(OC)c1OC. The zero-order valence-corrected chi connectivity index (χ0v) is 17.8. The summed E-state index contributed by atoms with van der Waals surface area (Å²) in [6.07, 6.45) is 3.57. The predicted octanol–water partition coefficient (Wildman–Crippen LogP) is 2.58. The van der Waals surface area contributed by atoms with Crippen molar-refractivity contribution in [1.82, 2.24) is 19.5 Å². The molecule has 3 aromatic rings. The molecule has 0 radical (unpaired) electrons. The zero-order valence-electron chi connectivity index (χ0n) is 17.8. The minimum Gasteiger partial charge on any atom is -0.493 e. The number of benzene rings is 1. The van der Waals surface area contributed by atoms with Gasteiger partial charge >= 0.3 is 0 Å². The number of aryl methyl sites for hydroxylation is 2. The first-order chi connectivity index (χ1) is 14.5. The van der Waals surface area contributed by atoms with Crippen molar-refractivity contribution < 1.29 is 19.0 Å². The van der Waals surface area contributed by atoms with Crippen LogP contribution >= 0.6 is 0 Å². The maximum Gasteiger partial charge on any atom is 0.223 e. The van der Waals surface area contributed by atoms with Crippen LogP contribution in [0.5, 0.6) is 17.2 Å². The Morgan fingerprint density at radius 2 is 1.93 bits per heavy atom. The number of ether oxygens (including phenoxy) is 3. The van der Waals surface area contributed by atoms with Gasteiger partial charge in [-0.2, -0.15) is 5.10 Å². The molecule has 1 aliphatic rings. The summed E-state index contributed by atoms with van der Waals surface area (Å²) >= 11 is 0. The molecule has 0 unspecified atom stereocenters. The molecule has 158 valence electrons. The van der Waals surface area contributed by atoms with Gasteiger partial charge < -0.3 is 19.1 Å². The van der Waals surface area contributed by atoms with E-state index in [2.05, 4.69) is 10.1 Å². The lowest BCUT2D eigenvalue weighted by Crippen LogP contribution is -2.37. The number of fused-ring (bicyclic) bond motifs is 3. The summed E-state index contributed by atoms with van der Waals surface area (Å²) in [6.45, 7) is 3.19. The van der Waals surface area contributed by atoms with Gasteiger partial charge in [0, 0.05) is 43.8 Å². The quantitative estimate of drug-likeness (QED) is 0.622. The molecule has 0 bridgehead atoms. The van der Waals surface area contributed by atoms with Crippen molar-refractivity contribution in [3.05, 3.63) is 46.9 Å². The van der Waals surface area contributed by atoms with Crippen LogP contribution < -0.4 is 14.2 Å². The van der Waals surface area contributed by atoms with E-state index in [1.54, 1.807) is 21.3 Å². The third-order valence-corrected chi connectivity index (χ3v) is 5.52. The first kappa shape index (κ1) is 20.0. The topological polar surface area (TPSA) is 78.2 Å². The second-order valence-corrected chi connectivity index (χ2v) is 7.34. The lowest BCUT2D eigenvalue weighted by atomic mass is 10.0. The standard InChI is InChI=1S/C22H26N4O4/c1-14-11-19-23-12-16-13-25(10-9-17(16)26(19)24-14)20(27)8-6-15-5-7-18(28-2)22(30-4)21(15)29-3/h5,7,11-12H,6,8-10,13H2,1-4H3. The largest absolute Gasteiger partial charge is 0.493 e. The highest BCUT2D eigenvalue weighted by Crippen LogP contribution is 2.40. The summed E-state index contributed by atoms with van der Waals surface area (Å²) in [5.41, 5.74) is 4.90. The molecule has 4 rings (SSSR count). The molecule has 0 N–H and O–H groups in total. The molecule has 3 heterocycles. The summed E-state index contributed by atoms with van der Waals surface area (Å²) in [5.74, 6) is 1.86. The van der Waals surface area contributed by atoms with E-state index in [0.29, 0.717) is 43.2 Å². The number of hydrogen-bond donors (Lipinski definition) is 0. The van der Waals surface area contributed by atoms with Gasteiger partial charge in [-0.1, -0.05) is 6.07 Å². The maximum atomic E-state index is 12.9. The number of carbonyl (C=O) groups excluding carboxylic acids is 1. The Morgan fingerprint density at radius 1 is 1.13 bits per heavy atom. The molecule has 0 fully saturated rings. The fourth-order valence-corrected chi connectivity index (χ4v) is 4.03. The predicted molar refractivity (Wildman–Crippen MR) is 111 cm³/mol. The molecule has 0 saturated carbocycles. The van der Waals surface area contributed by atoms with Crippen molar-refractivity contribution >= 4 is 11.6 Å². The Bertz CT molecular complexity index is 1090. The van der Waals surface area contributed by atoms with E-state index in [1.165, 1.54) is 0 Å². The molecular weight excluding hydrogens is 384 g/mol. The van der Waals surface area contributed by atoms with Crippen molar-refractivity contribution in [2.45, 2.75) is 32.7 Å². The Kier molecular flexibility index (Phi) is 5.48. The number of carbonyl (C=O) groups is 1. The van der Waals surface area contributed by atoms with Gasteiger partial charge in [0.1, 0.15) is 0 Å². The van der Waals surface area contributed by atoms with E-state index < -0.39 is 0 Å². The van der Waals surface area contributed by atoms with Gasteiger partial charge in [0.2, 0.25) is 11.7 Å². The number of methoxy groups -OCH3 is 3. The van der Waals surface area contributed by atoms with E-state index in [0.717, 1.165) is 34.6 Å². The van der Waals surface area contributed by atoms with Crippen molar-refractivity contribution in [3.63, 3.8) is 0 Å². The lowest BCUT2D eigenvalue weighted by molar-refractivity contribution is -0.132. The molecule has 1 aromatic carbocycles. The van der Waals surface area contributed by atoms with Gasteiger partial charge in [0.05, 0.1) is 32.7 Å². The maximum absolute atomic E-state index is 12.9. The third-order valence-electron chi connectivity index (χ3n) is 5.52. The van der Waals surface area contributed by atoms with Crippen LogP contribution in [0.2, 0.25) is 0 Å². The molecule has 1 amide bonds. The van der Waals surface area contributed by atoms with Gasteiger partial charge in [-0.25, -0.2) is 9.50 Å². The fraction of sp³-hybridized carbons (Fsp3) is 0.409. The fourth-order valence-electron chi connectivity index (χ4n) is 4.03. The van der Waals surface area contributed by atoms with Crippen molar-refractivity contribution in [2.24, 2.45) is 0 Å². The van der Waals surface area contributed by atoms with Crippen LogP contribution in [0.25, 0.3) is 5.65 Å². The molecular formula is C22H26N4O4. The molecule has 1 aliphatic heterocycles. The van der Waals surface area contributed by atoms with Gasteiger partial charge in [0.25, 0.3) is 0 Å². The summed E-state index contributed by atoms with van der Waals surface area (Å²) in [4.78, 5) is 19.3. The minimum atomic E-state index is 0.106. The van der Waals surface area contributed by atoms with Crippen LogP contribution in [-0.4, -0.2) is 53.3 Å². The summed E-state index contributed by atoms with van der Waals surface area (Å²) in [6, 6.07) is 5.72. The van der Waals surface area contributed by atoms with E-state index in [4.69, 9.17) is 14.2 Å². The van der Waals surface area contributed by atoms with E-state index >= 15 is 0 Å².